The van der Waals surface area contributed by atoms with E-state index in [-0.39, 0.29) is 0 Å². The molecule has 0 bridgehead atoms. The van der Waals surface area contributed by atoms with Crippen molar-refractivity contribution in [1.82, 2.24) is 15.5 Å². The molecule has 6 heteroatoms. The fourth-order valence-electron chi connectivity index (χ4n) is 2.16. The second-order valence-corrected chi connectivity index (χ2v) is 5.48. The average molecular weight is 279 g/mol. The molecule has 1 saturated heterocycles. The van der Waals surface area contributed by atoms with Crippen LogP contribution in [0.1, 0.15) is 24.3 Å². The van der Waals surface area contributed by atoms with Crippen LogP contribution in [0.5, 0.6) is 0 Å². The van der Waals surface area contributed by atoms with Crippen LogP contribution in [0.25, 0.3) is 11.4 Å². The summed E-state index contributed by atoms with van der Waals surface area (Å²) in [7, 11) is 0. The zero-order valence-corrected chi connectivity index (χ0v) is 11.7. The van der Waals surface area contributed by atoms with Crippen LogP contribution in [0.4, 0.5) is 0 Å². The fourth-order valence-corrected chi connectivity index (χ4v) is 2.99. The lowest BCUT2D eigenvalue weighted by molar-refractivity contribution is 0.00859. The molecular formula is C13H17N3O2S. The summed E-state index contributed by atoms with van der Waals surface area (Å²) in [5.41, 5.74) is 2.22. The minimum atomic E-state index is 0.305. The van der Waals surface area contributed by atoms with Crippen molar-refractivity contribution in [3.63, 3.8) is 0 Å². The Morgan fingerprint density at radius 1 is 1.42 bits per heavy atom. The van der Waals surface area contributed by atoms with Crippen LogP contribution in [-0.4, -0.2) is 29.3 Å². The van der Waals surface area contributed by atoms with Gasteiger partial charge in [0.05, 0.1) is 6.10 Å². The van der Waals surface area contributed by atoms with E-state index in [1.807, 2.05) is 12.3 Å². The molecule has 1 aliphatic rings. The van der Waals surface area contributed by atoms with Gasteiger partial charge in [-0.15, -0.1) is 0 Å². The van der Waals surface area contributed by atoms with E-state index >= 15 is 0 Å². The van der Waals surface area contributed by atoms with E-state index in [4.69, 9.17) is 9.26 Å². The van der Waals surface area contributed by atoms with Crippen molar-refractivity contribution in [2.75, 3.05) is 13.1 Å². The Hall–Kier alpha value is -1.24. The van der Waals surface area contributed by atoms with Gasteiger partial charge in [0.2, 0.25) is 5.82 Å². The smallest absolute Gasteiger partial charge is 0.252 e. The molecule has 1 aliphatic heterocycles. The number of nitrogens with one attached hydrogen (secondary N) is 1. The number of aromatic nitrogens is 2. The molecule has 2 aromatic rings. The molecule has 0 atom stereocenters. The standard InChI is InChI=1S/C13H17N3O2S/c1-9-7-19-8-11(9)13-15-12(18-16-13)6-17-10-2-4-14-5-3-10/h7-8,10,14H,2-6H2,1H3. The molecule has 102 valence electrons. The lowest BCUT2D eigenvalue weighted by Crippen LogP contribution is -2.32. The Morgan fingerprint density at radius 2 is 2.26 bits per heavy atom. The predicted octanol–water partition coefficient (Wildman–Crippen LogP) is 2.38. The summed E-state index contributed by atoms with van der Waals surface area (Å²) < 4.78 is 11.0. The first-order chi connectivity index (χ1) is 9.33. The van der Waals surface area contributed by atoms with Gasteiger partial charge < -0.3 is 14.6 Å². The van der Waals surface area contributed by atoms with Gasteiger partial charge in [0.25, 0.3) is 5.89 Å². The topological polar surface area (TPSA) is 60.2 Å². The monoisotopic (exact) mass is 279 g/mol. The SMILES string of the molecule is Cc1cscc1-c1noc(COC2CCNCC2)n1. The fraction of sp³-hybridized carbons (Fsp3) is 0.538. The number of rotatable bonds is 4. The molecule has 19 heavy (non-hydrogen) atoms. The molecule has 1 N–H and O–H groups in total. The molecule has 0 saturated carbocycles. The van der Waals surface area contributed by atoms with Crippen molar-refractivity contribution in [3.05, 3.63) is 22.2 Å². The highest BCUT2D eigenvalue weighted by molar-refractivity contribution is 7.08. The first-order valence-corrected chi connectivity index (χ1v) is 7.45. The summed E-state index contributed by atoms with van der Waals surface area (Å²) in [6, 6.07) is 0. The third-order valence-corrected chi connectivity index (χ3v) is 4.15. The molecule has 0 aliphatic carbocycles. The Morgan fingerprint density at radius 3 is 3.00 bits per heavy atom. The first kappa shape index (κ1) is 12.8. The third kappa shape index (κ3) is 3.02. The van der Waals surface area contributed by atoms with E-state index < -0.39 is 0 Å². The van der Waals surface area contributed by atoms with Gasteiger partial charge in [0.15, 0.2) is 0 Å². The van der Waals surface area contributed by atoms with E-state index in [2.05, 4.69) is 20.8 Å². The van der Waals surface area contributed by atoms with Gasteiger partial charge in [-0.3, -0.25) is 0 Å². The highest BCUT2D eigenvalue weighted by Crippen LogP contribution is 2.24. The number of hydrogen-bond acceptors (Lipinski definition) is 6. The van der Waals surface area contributed by atoms with Gasteiger partial charge in [-0.2, -0.15) is 16.3 Å². The number of ether oxygens (including phenoxy) is 1. The lowest BCUT2D eigenvalue weighted by Gasteiger charge is -2.21. The Balaban J connectivity index is 1.60. The van der Waals surface area contributed by atoms with Gasteiger partial charge in [-0.25, -0.2) is 0 Å². The molecule has 1 fully saturated rings. The zero-order chi connectivity index (χ0) is 13.1. The summed E-state index contributed by atoms with van der Waals surface area (Å²) >= 11 is 1.65. The maximum absolute atomic E-state index is 5.80. The van der Waals surface area contributed by atoms with E-state index in [1.165, 1.54) is 5.56 Å². The Bertz CT molecular complexity index is 531. The van der Waals surface area contributed by atoms with Gasteiger partial charge in [-0.05, 0) is 43.8 Å². The van der Waals surface area contributed by atoms with Crippen molar-refractivity contribution < 1.29 is 9.26 Å². The van der Waals surface area contributed by atoms with E-state index in [0.29, 0.717) is 24.4 Å². The normalized spacial score (nSPS) is 16.9. The van der Waals surface area contributed by atoms with Gasteiger partial charge in [0, 0.05) is 10.9 Å². The van der Waals surface area contributed by atoms with Gasteiger partial charge >= 0.3 is 0 Å². The first-order valence-electron chi connectivity index (χ1n) is 6.51. The maximum Gasteiger partial charge on any atom is 0.252 e. The number of thiophene rings is 1. The van der Waals surface area contributed by atoms with Crippen molar-refractivity contribution in [3.8, 4) is 11.4 Å². The van der Waals surface area contributed by atoms with Crippen LogP contribution in [0.15, 0.2) is 15.3 Å². The third-order valence-electron chi connectivity index (χ3n) is 3.29. The molecule has 2 aromatic heterocycles. The molecule has 0 aromatic carbocycles. The summed E-state index contributed by atoms with van der Waals surface area (Å²) in [5.74, 6) is 1.21. The minimum Gasteiger partial charge on any atom is -0.368 e. The van der Waals surface area contributed by atoms with Gasteiger partial charge in [-0.1, -0.05) is 5.16 Å². The minimum absolute atomic E-state index is 0.305. The zero-order valence-electron chi connectivity index (χ0n) is 10.9. The maximum atomic E-state index is 5.80. The number of hydrogen-bond donors (Lipinski definition) is 1. The quantitative estimate of drug-likeness (QED) is 0.931. The van der Waals surface area contributed by atoms with Crippen LogP contribution < -0.4 is 5.32 Å². The van der Waals surface area contributed by atoms with Crippen LogP contribution in [0.3, 0.4) is 0 Å². The highest BCUT2D eigenvalue weighted by atomic mass is 32.1. The second kappa shape index (κ2) is 5.81. The summed E-state index contributed by atoms with van der Waals surface area (Å²) in [6.07, 6.45) is 2.40. The summed E-state index contributed by atoms with van der Waals surface area (Å²) in [5, 5.41) is 11.4. The molecule has 0 unspecified atom stereocenters. The van der Waals surface area contributed by atoms with Crippen molar-refractivity contribution in [2.45, 2.75) is 32.5 Å². The molecule has 0 amide bonds. The van der Waals surface area contributed by atoms with Crippen molar-refractivity contribution in [2.24, 2.45) is 0 Å². The van der Waals surface area contributed by atoms with E-state index in [9.17, 15) is 0 Å². The summed E-state index contributed by atoms with van der Waals surface area (Å²) in [6.45, 7) is 4.50. The molecule has 0 spiro atoms. The summed E-state index contributed by atoms with van der Waals surface area (Å²) in [4.78, 5) is 4.39. The Labute approximate surface area is 116 Å². The van der Waals surface area contributed by atoms with Gasteiger partial charge in [0.1, 0.15) is 6.61 Å². The van der Waals surface area contributed by atoms with Crippen LogP contribution >= 0.6 is 11.3 Å². The molecule has 5 nitrogen and oxygen atoms in total. The molecule has 0 radical (unpaired) electrons. The van der Waals surface area contributed by atoms with Crippen LogP contribution in [0, 0.1) is 6.92 Å². The number of nitrogens with zero attached hydrogens (tertiary/aromatic N) is 2. The molecule has 3 rings (SSSR count). The second-order valence-electron chi connectivity index (χ2n) is 4.74. The van der Waals surface area contributed by atoms with E-state index in [1.54, 1.807) is 11.3 Å². The predicted molar refractivity (Wildman–Crippen MR) is 73.0 cm³/mol. The van der Waals surface area contributed by atoms with Crippen molar-refractivity contribution in [1.29, 1.82) is 0 Å². The van der Waals surface area contributed by atoms with E-state index in [0.717, 1.165) is 31.5 Å². The molecule has 3 heterocycles. The number of aryl methyl sites for hydroxylation is 1. The van der Waals surface area contributed by atoms with Crippen molar-refractivity contribution >= 4 is 11.3 Å². The number of piperidine rings is 1. The molecular weight excluding hydrogens is 262 g/mol. The Kier molecular flexibility index (Phi) is 3.91. The highest BCUT2D eigenvalue weighted by Gasteiger charge is 2.16. The van der Waals surface area contributed by atoms with Crippen LogP contribution in [-0.2, 0) is 11.3 Å². The van der Waals surface area contributed by atoms with Crippen LogP contribution in [0.2, 0.25) is 0 Å². The average Bonchev–Trinajstić information content (AvgIpc) is 3.06. The lowest BCUT2D eigenvalue weighted by atomic mass is 10.1. The largest absolute Gasteiger partial charge is 0.368 e.